The Morgan fingerprint density at radius 2 is 1.76 bits per heavy atom. The normalized spacial score (nSPS) is 13.8. The summed E-state index contributed by atoms with van der Waals surface area (Å²) >= 11 is 0. The van der Waals surface area contributed by atoms with E-state index in [4.69, 9.17) is 0 Å². The highest BCUT2D eigenvalue weighted by Crippen LogP contribution is 2.17. The molecule has 0 spiro atoms. The van der Waals surface area contributed by atoms with E-state index in [9.17, 15) is 19.7 Å². The van der Waals surface area contributed by atoms with Crippen LogP contribution in [0, 0.1) is 17.0 Å². The van der Waals surface area contributed by atoms with E-state index in [1.807, 2.05) is 23.1 Å². The van der Waals surface area contributed by atoms with Crippen molar-refractivity contribution in [2.75, 3.05) is 37.6 Å². The van der Waals surface area contributed by atoms with Crippen LogP contribution in [0.4, 0.5) is 11.4 Å². The fourth-order valence-electron chi connectivity index (χ4n) is 3.41. The van der Waals surface area contributed by atoms with Crippen molar-refractivity contribution in [3.63, 3.8) is 0 Å². The first kappa shape index (κ1) is 20.3. The lowest BCUT2D eigenvalue weighted by Gasteiger charge is -2.36. The predicted octanol–water partition coefficient (Wildman–Crippen LogP) is 2.37. The van der Waals surface area contributed by atoms with Gasteiger partial charge in [-0.2, -0.15) is 0 Å². The largest absolute Gasteiger partial charge is 0.368 e. The molecule has 0 bridgehead atoms. The van der Waals surface area contributed by atoms with E-state index in [1.165, 1.54) is 18.2 Å². The van der Waals surface area contributed by atoms with Crippen molar-refractivity contribution < 1.29 is 14.5 Å². The summed E-state index contributed by atoms with van der Waals surface area (Å²) in [6, 6.07) is 14.2. The van der Waals surface area contributed by atoms with Crippen LogP contribution in [-0.4, -0.2) is 54.4 Å². The number of rotatable bonds is 6. The fraction of sp³-hybridized carbons (Fsp3) is 0.333. The van der Waals surface area contributed by atoms with Gasteiger partial charge >= 0.3 is 0 Å². The number of piperazine rings is 1. The van der Waals surface area contributed by atoms with E-state index in [-0.39, 0.29) is 30.5 Å². The van der Waals surface area contributed by atoms with Crippen LogP contribution >= 0.6 is 0 Å². The average molecular weight is 396 g/mol. The zero-order valence-electron chi connectivity index (χ0n) is 16.3. The van der Waals surface area contributed by atoms with Gasteiger partial charge in [0.15, 0.2) is 0 Å². The van der Waals surface area contributed by atoms with Crippen molar-refractivity contribution in [1.82, 2.24) is 10.2 Å². The first-order chi connectivity index (χ1) is 14.0. The molecule has 0 atom stereocenters. The third-order valence-electron chi connectivity index (χ3n) is 5.04. The number of hydrogen-bond acceptors (Lipinski definition) is 5. The summed E-state index contributed by atoms with van der Waals surface area (Å²) in [7, 11) is 0. The maximum atomic E-state index is 12.4. The van der Waals surface area contributed by atoms with Crippen LogP contribution in [0.5, 0.6) is 0 Å². The van der Waals surface area contributed by atoms with E-state index in [1.54, 1.807) is 6.92 Å². The Balaban J connectivity index is 1.44. The molecule has 152 valence electrons. The van der Waals surface area contributed by atoms with Crippen LogP contribution < -0.4 is 10.2 Å². The zero-order chi connectivity index (χ0) is 20.8. The van der Waals surface area contributed by atoms with Gasteiger partial charge in [-0.05, 0) is 30.7 Å². The topological polar surface area (TPSA) is 95.8 Å². The molecule has 0 radical (unpaired) electrons. The van der Waals surface area contributed by atoms with Gasteiger partial charge < -0.3 is 15.1 Å². The smallest absolute Gasteiger partial charge is 0.269 e. The molecule has 2 aromatic carbocycles. The second-order valence-electron chi connectivity index (χ2n) is 6.97. The Morgan fingerprint density at radius 3 is 2.38 bits per heavy atom. The van der Waals surface area contributed by atoms with Crippen molar-refractivity contribution in [3.8, 4) is 0 Å². The third kappa shape index (κ3) is 5.10. The molecule has 1 N–H and O–H groups in total. The number of nitro groups is 1. The molecule has 29 heavy (non-hydrogen) atoms. The number of nitrogens with zero attached hydrogens (tertiary/aromatic N) is 3. The van der Waals surface area contributed by atoms with E-state index in [2.05, 4.69) is 22.3 Å². The highest BCUT2D eigenvalue weighted by atomic mass is 16.6. The van der Waals surface area contributed by atoms with Gasteiger partial charge in [0.05, 0.1) is 4.92 Å². The maximum absolute atomic E-state index is 12.4. The minimum atomic E-state index is -0.495. The highest BCUT2D eigenvalue weighted by molar-refractivity contribution is 5.96. The number of para-hydroxylation sites is 1. The minimum absolute atomic E-state index is 0.0124. The van der Waals surface area contributed by atoms with Gasteiger partial charge in [0.25, 0.3) is 11.6 Å². The summed E-state index contributed by atoms with van der Waals surface area (Å²) in [5.41, 5.74) is 2.01. The van der Waals surface area contributed by atoms with Gasteiger partial charge in [-0.3, -0.25) is 19.7 Å². The van der Waals surface area contributed by atoms with Crippen molar-refractivity contribution in [2.45, 2.75) is 13.3 Å². The van der Waals surface area contributed by atoms with Crippen LogP contribution in [-0.2, 0) is 4.79 Å². The van der Waals surface area contributed by atoms with Gasteiger partial charge in [-0.15, -0.1) is 0 Å². The predicted molar refractivity (Wildman–Crippen MR) is 110 cm³/mol. The summed E-state index contributed by atoms with van der Waals surface area (Å²) in [6.07, 6.45) is 0.225. The number of nitro benzene ring substituents is 1. The Kier molecular flexibility index (Phi) is 6.43. The number of carbonyl (C=O) groups is 2. The quantitative estimate of drug-likeness (QED) is 0.597. The summed E-state index contributed by atoms with van der Waals surface area (Å²) in [5, 5.41) is 13.5. The van der Waals surface area contributed by atoms with Crippen molar-refractivity contribution >= 4 is 23.2 Å². The number of aryl methyl sites for hydroxylation is 1. The molecule has 1 aliphatic rings. The number of nitrogens with one attached hydrogen (secondary N) is 1. The molecular weight excluding hydrogens is 372 g/mol. The number of hydrogen-bond donors (Lipinski definition) is 1. The van der Waals surface area contributed by atoms with Gasteiger partial charge in [-0.1, -0.05) is 18.2 Å². The molecule has 2 aromatic rings. The zero-order valence-corrected chi connectivity index (χ0v) is 16.3. The second kappa shape index (κ2) is 9.18. The van der Waals surface area contributed by atoms with Gasteiger partial charge in [0, 0.05) is 62.5 Å². The van der Waals surface area contributed by atoms with Crippen LogP contribution in [0.1, 0.15) is 22.3 Å². The Bertz CT molecular complexity index is 893. The maximum Gasteiger partial charge on any atom is 0.269 e. The Hall–Kier alpha value is -3.42. The van der Waals surface area contributed by atoms with Crippen LogP contribution in [0.3, 0.4) is 0 Å². The van der Waals surface area contributed by atoms with Crippen molar-refractivity contribution in [3.05, 3.63) is 69.8 Å². The van der Waals surface area contributed by atoms with Crippen LogP contribution in [0.25, 0.3) is 0 Å². The molecule has 8 heteroatoms. The molecule has 2 amide bonds. The molecule has 8 nitrogen and oxygen atoms in total. The number of carbonyl (C=O) groups excluding carboxylic acids is 2. The van der Waals surface area contributed by atoms with Gasteiger partial charge in [0.2, 0.25) is 5.91 Å². The molecule has 3 rings (SSSR count). The van der Waals surface area contributed by atoms with E-state index in [0.717, 1.165) is 18.8 Å². The van der Waals surface area contributed by atoms with Crippen molar-refractivity contribution in [2.24, 2.45) is 0 Å². The lowest BCUT2D eigenvalue weighted by atomic mass is 10.1. The lowest BCUT2D eigenvalue weighted by Crippen LogP contribution is -2.49. The molecule has 1 aliphatic heterocycles. The fourth-order valence-corrected chi connectivity index (χ4v) is 3.41. The molecule has 0 saturated carbocycles. The van der Waals surface area contributed by atoms with E-state index in [0.29, 0.717) is 24.2 Å². The second-order valence-corrected chi connectivity index (χ2v) is 6.97. The van der Waals surface area contributed by atoms with Crippen molar-refractivity contribution in [1.29, 1.82) is 0 Å². The summed E-state index contributed by atoms with van der Waals surface area (Å²) < 4.78 is 0. The monoisotopic (exact) mass is 396 g/mol. The van der Waals surface area contributed by atoms with Crippen LogP contribution in [0.15, 0.2) is 48.5 Å². The average Bonchev–Trinajstić information content (AvgIpc) is 2.74. The van der Waals surface area contributed by atoms with Crippen LogP contribution in [0.2, 0.25) is 0 Å². The summed E-state index contributed by atoms with van der Waals surface area (Å²) in [6.45, 7) is 4.76. The first-order valence-electron chi connectivity index (χ1n) is 9.56. The van der Waals surface area contributed by atoms with E-state index < -0.39 is 4.92 Å². The Morgan fingerprint density at radius 1 is 1.07 bits per heavy atom. The number of amides is 2. The molecule has 0 aromatic heterocycles. The molecule has 1 saturated heterocycles. The molecule has 1 heterocycles. The first-order valence-corrected chi connectivity index (χ1v) is 9.56. The highest BCUT2D eigenvalue weighted by Gasteiger charge is 2.21. The minimum Gasteiger partial charge on any atom is -0.368 e. The van der Waals surface area contributed by atoms with Gasteiger partial charge in [0.1, 0.15) is 0 Å². The Labute approximate surface area is 169 Å². The number of non-ortho nitro benzene ring substituents is 1. The molecule has 1 fully saturated rings. The molecule has 0 unspecified atom stereocenters. The summed E-state index contributed by atoms with van der Waals surface area (Å²) in [4.78, 5) is 39.1. The molecular formula is C21H24N4O4. The molecule has 0 aliphatic carbocycles. The number of anilines is 1. The van der Waals surface area contributed by atoms with E-state index >= 15 is 0 Å². The number of benzene rings is 2. The summed E-state index contributed by atoms with van der Waals surface area (Å²) in [5.74, 6) is -0.322. The third-order valence-corrected chi connectivity index (χ3v) is 5.04. The van der Waals surface area contributed by atoms with Gasteiger partial charge in [-0.25, -0.2) is 0 Å². The lowest BCUT2D eigenvalue weighted by molar-refractivity contribution is -0.384. The SMILES string of the molecule is Cc1cc([N+](=O)[O-])ccc1C(=O)NCCC(=O)N1CCN(c2ccccc2)CC1. The standard InChI is InChI=1S/C21H24N4O4/c1-16-15-18(25(28)29)7-8-19(16)21(27)22-10-9-20(26)24-13-11-23(12-14-24)17-5-3-2-4-6-17/h2-8,15H,9-14H2,1H3,(H,22,27).